The number of hydrogen-bond acceptors (Lipinski definition) is 11. The minimum absolute atomic E-state index is 0.0608. The Labute approximate surface area is 254 Å². The Morgan fingerprint density at radius 3 is 1.26 bits per heavy atom. The molecule has 0 aliphatic heterocycles. The van der Waals surface area contributed by atoms with Gasteiger partial charge in [0.05, 0.1) is 39.6 Å². The van der Waals surface area contributed by atoms with Crippen molar-refractivity contribution in [2.24, 2.45) is 0 Å². The Kier molecular flexibility index (Phi) is 21.3. The molecule has 11 heteroatoms. The monoisotopic (exact) mass is 604 g/mol. The van der Waals surface area contributed by atoms with Gasteiger partial charge in [-0.1, -0.05) is 56.6 Å². The fourth-order valence-electron chi connectivity index (χ4n) is 2.55. The van der Waals surface area contributed by atoms with Gasteiger partial charge < -0.3 is 33.2 Å². The zero-order valence-electron chi connectivity index (χ0n) is 25.6. The second-order valence-electron chi connectivity index (χ2n) is 9.13. The summed E-state index contributed by atoms with van der Waals surface area (Å²) >= 11 is 0. The number of carbonyl (C=O) groups is 4. The molecule has 0 heterocycles. The van der Waals surface area contributed by atoms with E-state index in [1.54, 1.807) is 39.8 Å². The molecule has 11 nitrogen and oxygen atoms in total. The number of ether oxygens (including phenoxy) is 7. The van der Waals surface area contributed by atoms with Gasteiger partial charge in [0, 0.05) is 22.3 Å². The summed E-state index contributed by atoms with van der Waals surface area (Å²) in [6.45, 7) is 22.9. The fraction of sp³-hybridized carbons (Fsp3) is 0.438. The molecule has 1 rings (SSSR count). The maximum absolute atomic E-state index is 11.6. The number of rotatable bonds is 20. The molecule has 1 aromatic rings. The van der Waals surface area contributed by atoms with Crippen LogP contribution in [0.5, 0.6) is 0 Å². The smallest absolute Gasteiger partial charge is 0.333 e. The number of esters is 4. The van der Waals surface area contributed by atoms with Gasteiger partial charge >= 0.3 is 23.9 Å². The van der Waals surface area contributed by atoms with Gasteiger partial charge in [-0.25, -0.2) is 19.2 Å². The molecule has 0 aliphatic carbocycles. The van der Waals surface area contributed by atoms with Crippen LogP contribution in [0.15, 0.2) is 78.9 Å². The Hall–Kier alpha value is -4.06. The lowest BCUT2D eigenvalue weighted by molar-refractivity contribution is -0.154. The third-order valence-corrected chi connectivity index (χ3v) is 4.85. The summed E-state index contributed by atoms with van der Waals surface area (Å²) in [5.74, 6) is -1.88. The highest BCUT2D eigenvalue weighted by Crippen LogP contribution is 2.19. The lowest BCUT2D eigenvalue weighted by Gasteiger charge is -2.18. The van der Waals surface area contributed by atoms with Crippen molar-refractivity contribution in [1.82, 2.24) is 0 Å². The van der Waals surface area contributed by atoms with E-state index < -0.39 is 30.0 Å². The van der Waals surface area contributed by atoms with E-state index in [1.807, 2.05) is 18.2 Å². The highest BCUT2D eigenvalue weighted by Gasteiger charge is 2.19. The molecule has 0 amide bonds. The van der Waals surface area contributed by atoms with Crippen LogP contribution < -0.4 is 0 Å². The molecule has 0 aliphatic rings. The molecule has 1 aromatic carbocycles. The molecule has 0 spiro atoms. The van der Waals surface area contributed by atoms with Gasteiger partial charge in [0.2, 0.25) is 0 Å². The zero-order valence-corrected chi connectivity index (χ0v) is 25.6. The Bertz CT molecular complexity index is 1040. The van der Waals surface area contributed by atoms with E-state index in [9.17, 15) is 19.2 Å². The summed E-state index contributed by atoms with van der Waals surface area (Å²) in [6, 6.07) is 9.08. The topological polar surface area (TPSA) is 133 Å². The van der Waals surface area contributed by atoms with Gasteiger partial charge in [-0.3, -0.25) is 0 Å². The second-order valence-corrected chi connectivity index (χ2v) is 9.13. The first-order valence-corrected chi connectivity index (χ1v) is 13.5. The van der Waals surface area contributed by atoms with Crippen LogP contribution in [0.3, 0.4) is 0 Å². The van der Waals surface area contributed by atoms with Crippen molar-refractivity contribution in [2.45, 2.75) is 33.8 Å². The van der Waals surface area contributed by atoms with Gasteiger partial charge in [0.15, 0.2) is 6.10 Å². The highest BCUT2D eigenvalue weighted by atomic mass is 16.6. The van der Waals surface area contributed by atoms with Gasteiger partial charge in [-0.05, 0) is 33.3 Å². The lowest BCUT2D eigenvalue weighted by Crippen LogP contribution is -2.19. The van der Waals surface area contributed by atoms with Gasteiger partial charge in [0.1, 0.15) is 19.8 Å². The van der Waals surface area contributed by atoms with Crippen molar-refractivity contribution in [3.05, 3.63) is 84.5 Å². The average molecular weight is 605 g/mol. The van der Waals surface area contributed by atoms with E-state index in [4.69, 9.17) is 33.2 Å². The van der Waals surface area contributed by atoms with E-state index >= 15 is 0 Å². The molecule has 0 radical (unpaired) electrons. The predicted molar refractivity (Wildman–Crippen MR) is 160 cm³/mol. The molecule has 1 atom stereocenters. The van der Waals surface area contributed by atoms with Crippen molar-refractivity contribution < 1.29 is 52.3 Å². The third-order valence-electron chi connectivity index (χ3n) is 4.85. The molecular weight excluding hydrogens is 560 g/mol. The van der Waals surface area contributed by atoms with Crippen molar-refractivity contribution in [1.29, 1.82) is 0 Å². The SMILES string of the molecule is C=C(C)C(=O)OCC(OC(=O)C(=C)C)c1ccccc1.C=C(C)C(=O)OCCOCCOCCOCCOC(=O)C(=C)C. The van der Waals surface area contributed by atoms with Gasteiger partial charge in [-0.2, -0.15) is 0 Å². The molecule has 0 N–H and O–H groups in total. The molecule has 1 unspecified atom stereocenters. The van der Waals surface area contributed by atoms with Crippen molar-refractivity contribution >= 4 is 23.9 Å². The summed E-state index contributed by atoms with van der Waals surface area (Å²) in [5, 5.41) is 0. The van der Waals surface area contributed by atoms with Gasteiger partial charge in [0.25, 0.3) is 0 Å². The fourth-order valence-corrected chi connectivity index (χ4v) is 2.55. The number of hydrogen-bond donors (Lipinski definition) is 0. The first kappa shape index (κ1) is 38.9. The van der Waals surface area contributed by atoms with Crippen molar-refractivity contribution in [3.63, 3.8) is 0 Å². The number of benzene rings is 1. The van der Waals surface area contributed by atoms with Crippen LogP contribution in [0, 0.1) is 0 Å². The van der Waals surface area contributed by atoms with E-state index in [0.29, 0.717) is 56.4 Å². The quantitative estimate of drug-likeness (QED) is 0.0916. The van der Waals surface area contributed by atoms with Crippen molar-refractivity contribution in [3.8, 4) is 0 Å². The van der Waals surface area contributed by atoms with E-state index in [-0.39, 0.29) is 25.4 Å². The first-order valence-electron chi connectivity index (χ1n) is 13.5. The molecule has 43 heavy (non-hydrogen) atoms. The summed E-state index contributed by atoms with van der Waals surface area (Å²) in [7, 11) is 0. The normalized spacial score (nSPS) is 10.7. The number of carbonyl (C=O) groups excluding carboxylic acids is 4. The summed E-state index contributed by atoms with van der Waals surface area (Å²) in [4.78, 5) is 45.1. The molecule has 0 saturated heterocycles. The van der Waals surface area contributed by atoms with E-state index in [2.05, 4.69) is 26.3 Å². The minimum atomic E-state index is -0.663. The van der Waals surface area contributed by atoms with Crippen LogP contribution in [0.1, 0.15) is 39.4 Å². The maximum Gasteiger partial charge on any atom is 0.333 e. The Morgan fingerprint density at radius 1 is 0.535 bits per heavy atom. The standard InChI is InChI=1S/C16H26O7.C16H18O4/c1-13(2)15(17)22-11-9-20-7-5-19-6-8-21-10-12-23-16(18)14(3)4;1-11(2)15(17)19-10-14(20-16(18)12(3)4)13-8-6-5-7-9-13/h1,3,5-12H2,2,4H3;5-9,14H,1,3,10H2,2,4H3. The van der Waals surface area contributed by atoms with Crippen LogP contribution in [0.4, 0.5) is 0 Å². The van der Waals surface area contributed by atoms with Crippen LogP contribution >= 0.6 is 0 Å². The predicted octanol–water partition coefficient (Wildman–Crippen LogP) is 4.24. The zero-order chi connectivity index (χ0) is 32.6. The average Bonchev–Trinajstić information content (AvgIpc) is 2.97. The highest BCUT2D eigenvalue weighted by molar-refractivity contribution is 5.88. The second kappa shape index (κ2) is 23.5. The Morgan fingerprint density at radius 2 is 0.884 bits per heavy atom. The molecule has 238 valence electrons. The molecule has 0 fully saturated rings. The molecule has 0 saturated carbocycles. The summed E-state index contributed by atoms with van der Waals surface area (Å²) in [6.07, 6.45) is -0.663. The van der Waals surface area contributed by atoms with Crippen LogP contribution in [-0.4, -0.2) is 83.3 Å². The van der Waals surface area contributed by atoms with Crippen molar-refractivity contribution in [2.75, 3.05) is 59.5 Å². The minimum Gasteiger partial charge on any atom is -0.460 e. The Balaban J connectivity index is 0.000000827. The molecule has 0 bridgehead atoms. The van der Waals surface area contributed by atoms with Crippen LogP contribution in [0.2, 0.25) is 0 Å². The molecule has 0 aromatic heterocycles. The first-order chi connectivity index (χ1) is 20.4. The van der Waals surface area contributed by atoms with E-state index in [1.165, 1.54) is 0 Å². The van der Waals surface area contributed by atoms with Gasteiger partial charge in [-0.15, -0.1) is 0 Å². The summed E-state index contributed by atoms with van der Waals surface area (Å²) < 4.78 is 35.8. The maximum atomic E-state index is 11.6. The van der Waals surface area contributed by atoms with Crippen LogP contribution in [-0.2, 0) is 52.3 Å². The summed E-state index contributed by atoms with van der Waals surface area (Å²) in [5.41, 5.74) is 2.06. The largest absolute Gasteiger partial charge is 0.460 e. The molecular formula is C32H44O11. The third kappa shape index (κ3) is 20.5. The van der Waals surface area contributed by atoms with Crippen LogP contribution in [0.25, 0.3) is 0 Å². The lowest BCUT2D eigenvalue weighted by atomic mass is 10.1. The van der Waals surface area contributed by atoms with E-state index in [0.717, 1.165) is 5.56 Å².